The van der Waals surface area contributed by atoms with Crippen LogP contribution in [0.4, 0.5) is 0 Å². The molecule has 1 saturated carbocycles. The van der Waals surface area contributed by atoms with Crippen molar-refractivity contribution >= 4 is 0 Å². The Morgan fingerprint density at radius 3 is 2.70 bits per heavy atom. The van der Waals surface area contributed by atoms with Crippen molar-refractivity contribution in [2.75, 3.05) is 13.2 Å². The highest BCUT2D eigenvalue weighted by molar-refractivity contribution is 5.19. The molecule has 110 valence electrons. The normalized spacial score (nSPS) is 32.6. The Morgan fingerprint density at radius 2 is 1.95 bits per heavy atom. The quantitative estimate of drug-likeness (QED) is 0.909. The van der Waals surface area contributed by atoms with E-state index in [4.69, 9.17) is 0 Å². The molecule has 1 N–H and O–H groups in total. The number of rotatable bonds is 3. The van der Waals surface area contributed by atoms with Gasteiger partial charge in [-0.05, 0) is 43.6 Å². The van der Waals surface area contributed by atoms with E-state index < -0.39 is 0 Å². The number of benzene rings is 1. The summed E-state index contributed by atoms with van der Waals surface area (Å²) in [6.07, 6.45) is 6.70. The van der Waals surface area contributed by atoms with Gasteiger partial charge in [0.2, 0.25) is 0 Å². The number of aliphatic hydroxyl groups excluding tert-OH is 1. The third kappa shape index (κ3) is 2.77. The molecular weight excluding hydrogens is 246 g/mol. The fourth-order valence-electron chi connectivity index (χ4n) is 4.34. The molecule has 4 atom stereocenters. The Morgan fingerprint density at radius 1 is 1.20 bits per heavy atom. The summed E-state index contributed by atoms with van der Waals surface area (Å²) < 4.78 is 0. The Kier molecular flexibility index (Phi) is 4.42. The van der Waals surface area contributed by atoms with Gasteiger partial charge in [-0.25, -0.2) is 0 Å². The summed E-state index contributed by atoms with van der Waals surface area (Å²) >= 11 is 0. The minimum atomic E-state index is 0.348. The molecule has 2 aliphatic rings. The van der Waals surface area contributed by atoms with Gasteiger partial charge in [0.1, 0.15) is 0 Å². The average molecular weight is 273 g/mol. The Labute approximate surface area is 122 Å². The molecular formula is C18H27NO. The highest BCUT2D eigenvalue weighted by Gasteiger charge is 2.39. The molecule has 2 heteroatoms. The Hall–Kier alpha value is -0.860. The van der Waals surface area contributed by atoms with Gasteiger partial charge in [0, 0.05) is 25.2 Å². The summed E-state index contributed by atoms with van der Waals surface area (Å²) in [5, 5.41) is 9.62. The van der Waals surface area contributed by atoms with Crippen LogP contribution in [-0.2, 0) is 0 Å². The molecule has 2 nitrogen and oxygen atoms in total. The third-order valence-electron chi connectivity index (χ3n) is 5.44. The number of fused-ring (bicyclic) bond motifs is 1. The lowest BCUT2D eigenvalue weighted by atomic mass is 9.74. The van der Waals surface area contributed by atoms with Crippen molar-refractivity contribution in [2.45, 2.75) is 51.1 Å². The summed E-state index contributed by atoms with van der Waals surface area (Å²) in [7, 11) is 0. The topological polar surface area (TPSA) is 23.5 Å². The van der Waals surface area contributed by atoms with E-state index in [-0.39, 0.29) is 0 Å². The van der Waals surface area contributed by atoms with E-state index in [0.29, 0.717) is 18.6 Å². The van der Waals surface area contributed by atoms with Crippen LogP contribution in [0.15, 0.2) is 30.3 Å². The molecule has 1 aliphatic carbocycles. The van der Waals surface area contributed by atoms with Crippen LogP contribution in [0.3, 0.4) is 0 Å². The molecule has 3 rings (SSSR count). The Bertz CT molecular complexity index is 419. The molecule has 0 radical (unpaired) electrons. The maximum absolute atomic E-state index is 9.62. The first-order chi connectivity index (χ1) is 9.79. The lowest BCUT2D eigenvalue weighted by Crippen LogP contribution is -2.51. The van der Waals surface area contributed by atoms with Gasteiger partial charge in [-0.15, -0.1) is 0 Å². The zero-order valence-electron chi connectivity index (χ0n) is 12.5. The number of nitrogens with zero attached hydrogens (tertiary/aromatic N) is 1. The second kappa shape index (κ2) is 6.28. The third-order valence-corrected chi connectivity index (χ3v) is 5.44. The molecule has 2 fully saturated rings. The van der Waals surface area contributed by atoms with Gasteiger partial charge in [0.25, 0.3) is 0 Å². The first-order valence-corrected chi connectivity index (χ1v) is 8.21. The Balaban J connectivity index is 1.81. The van der Waals surface area contributed by atoms with Gasteiger partial charge in [-0.2, -0.15) is 0 Å². The molecule has 0 spiro atoms. The molecule has 1 aromatic carbocycles. The second-order valence-corrected chi connectivity index (χ2v) is 6.68. The summed E-state index contributed by atoms with van der Waals surface area (Å²) in [6, 6.07) is 12.1. The molecule has 0 bridgehead atoms. The summed E-state index contributed by atoms with van der Waals surface area (Å²) in [5.74, 6) is 1.28. The van der Waals surface area contributed by atoms with Crippen LogP contribution in [0.5, 0.6) is 0 Å². The van der Waals surface area contributed by atoms with Crippen LogP contribution >= 0.6 is 0 Å². The number of likely N-dealkylation sites (tertiary alicyclic amines) is 1. The van der Waals surface area contributed by atoms with E-state index in [1.54, 1.807) is 0 Å². The zero-order chi connectivity index (χ0) is 13.9. The number of hydrogen-bond acceptors (Lipinski definition) is 2. The molecule has 20 heavy (non-hydrogen) atoms. The molecule has 0 unspecified atom stereocenters. The summed E-state index contributed by atoms with van der Waals surface area (Å²) in [5.41, 5.74) is 1.41. The minimum absolute atomic E-state index is 0.348. The van der Waals surface area contributed by atoms with E-state index in [2.05, 4.69) is 42.2 Å². The maximum Gasteiger partial charge on any atom is 0.0471 e. The van der Waals surface area contributed by atoms with Crippen molar-refractivity contribution in [1.82, 2.24) is 4.90 Å². The van der Waals surface area contributed by atoms with E-state index in [1.165, 1.54) is 37.7 Å². The van der Waals surface area contributed by atoms with Crippen molar-refractivity contribution in [3.8, 4) is 0 Å². The maximum atomic E-state index is 9.62. The average Bonchev–Trinajstić information content (AvgIpc) is 2.54. The lowest BCUT2D eigenvalue weighted by molar-refractivity contribution is -0.0129. The van der Waals surface area contributed by atoms with Crippen molar-refractivity contribution in [2.24, 2.45) is 11.8 Å². The minimum Gasteiger partial charge on any atom is -0.396 e. The first kappa shape index (κ1) is 14.1. The summed E-state index contributed by atoms with van der Waals surface area (Å²) in [6.45, 7) is 3.75. The predicted octanol–water partition coefficient (Wildman–Crippen LogP) is 3.62. The smallest absolute Gasteiger partial charge is 0.0471 e. The van der Waals surface area contributed by atoms with Crippen molar-refractivity contribution in [1.29, 1.82) is 0 Å². The van der Waals surface area contributed by atoms with Crippen LogP contribution < -0.4 is 0 Å². The van der Waals surface area contributed by atoms with Gasteiger partial charge >= 0.3 is 0 Å². The van der Waals surface area contributed by atoms with Gasteiger partial charge in [-0.3, -0.25) is 4.90 Å². The standard InChI is InChI=1S/C18H27NO/c1-14(16-7-3-2-4-8-16)19-12-15(13-20)11-17-9-5-6-10-18(17)19/h2-4,7-8,14-15,17-18,20H,5-6,9-13H2,1H3/t14-,15-,17+,18+/m1/s1. The predicted molar refractivity (Wildman–Crippen MR) is 82.5 cm³/mol. The van der Waals surface area contributed by atoms with Crippen molar-refractivity contribution < 1.29 is 5.11 Å². The van der Waals surface area contributed by atoms with Crippen molar-refractivity contribution in [3.05, 3.63) is 35.9 Å². The van der Waals surface area contributed by atoms with Gasteiger partial charge in [-0.1, -0.05) is 43.2 Å². The van der Waals surface area contributed by atoms with E-state index >= 15 is 0 Å². The van der Waals surface area contributed by atoms with Gasteiger partial charge in [0.15, 0.2) is 0 Å². The molecule has 1 heterocycles. The fraction of sp³-hybridized carbons (Fsp3) is 0.667. The zero-order valence-corrected chi connectivity index (χ0v) is 12.5. The highest BCUT2D eigenvalue weighted by atomic mass is 16.3. The number of piperidine rings is 1. The number of aliphatic hydroxyl groups is 1. The molecule has 0 aromatic heterocycles. The van der Waals surface area contributed by atoms with Gasteiger partial charge < -0.3 is 5.11 Å². The monoisotopic (exact) mass is 273 g/mol. The van der Waals surface area contributed by atoms with E-state index in [9.17, 15) is 5.11 Å². The molecule has 1 aliphatic heterocycles. The largest absolute Gasteiger partial charge is 0.396 e. The SMILES string of the molecule is C[C@H](c1ccccc1)N1C[C@H](CO)C[C@@H]2CCCC[C@@H]21. The molecule has 0 amide bonds. The first-order valence-electron chi connectivity index (χ1n) is 8.21. The van der Waals surface area contributed by atoms with Crippen LogP contribution in [0.1, 0.15) is 50.6 Å². The van der Waals surface area contributed by atoms with E-state index in [0.717, 1.165) is 18.5 Å². The van der Waals surface area contributed by atoms with Crippen molar-refractivity contribution in [3.63, 3.8) is 0 Å². The van der Waals surface area contributed by atoms with E-state index in [1.807, 2.05) is 0 Å². The lowest BCUT2D eigenvalue weighted by Gasteiger charge is -2.49. The fourth-order valence-corrected chi connectivity index (χ4v) is 4.34. The number of hydrogen-bond donors (Lipinski definition) is 1. The summed E-state index contributed by atoms with van der Waals surface area (Å²) in [4.78, 5) is 2.68. The van der Waals surface area contributed by atoms with Crippen LogP contribution in [0.2, 0.25) is 0 Å². The molecule has 1 aromatic rings. The highest BCUT2D eigenvalue weighted by Crippen LogP contribution is 2.41. The molecule has 1 saturated heterocycles. The van der Waals surface area contributed by atoms with Crippen LogP contribution in [0.25, 0.3) is 0 Å². The van der Waals surface area contributed by atoms with Gasteiger partial charge in [0.05, 0.1) is 0 Å². The van der Waals surface area contributed by atoms with Crippen LogP contribution in [-0.4, -0.2) is 29.2 Å². The van der Waals surface area contributed by atoms with Crippen LogP contribution in [0, 0.1) is 11.8 Å². The second-order valence-electron chi connectivity index (χ2n) is 6.68.